The van der Waals surface area contributed by atoms with E-state index in [2.05, 4.69) is 4.98 Å². The lowest BCUT2D eigenvalue weighted by Crippen LogP contribution is -2.05. The van der Waals surface area contributed by atoms with Gasteiger partial charge in [-0.15, -0.1) is 11.3 Å². The van der Waals surface area contributed by atoms with Gasteiger partial charge in [0, 0.05) is 17.4 Å². The molecule has 0 bridgehead atoms. The number of thiazole rings is 1. The van der Waals surface area contributed by atoms with Crippen molar-refractivity contribution in [1.29, 1.82) is 0 Å². The van der Waals surface area contributed by atoms with E-state index in [-0.39, 0.29) is 11.8 Å². The number of aromatic nitrogens is 1. The van der Waals surface area contributed by atoms with Crippen molar-refractivity contribution in [1.82, 2.24) is 4.98 Å². The fourth-order valence-corrected chi connectivity index (χ4v) is 2.49. The molecule has 0 spiro atoms. The van der Waals surface area contributed by atoms with Crippen LogP contribution in [0.1, 0.15) is 19.0 Å². The quantitative estimate of drug-likeness (QED) is 0.787. The van der Waals surface area contributed by atoms with Gasteiger partial charge < -0.3 is 4.74 Å². The fourth-order valence-electron chi connectivity index (χ4n) is 1.64. The number of rotatable bonds is 5. The molecule has 3 nitrogen and oxygen atoms in total. The van der Waals surface area contributed by atoms with Gasteiger partial charge in [0.05, 0.1) is 18.7 Å². The summed E-state index contributed by atoms with van der Waals surface area (Å²) >= 11 is 1.45. The predicted octanol–water partition coefficient (Wildman–Crippen LogP) is 3.44. The number of hydrogen-bond acceptors (Lipinski definition) is 4. The number of nitrogens with zero attached hydrogens (tertiary/aromatic N) is 1. The first-order valence-electron chi connectivity index (χ1n) is 6.05. The number of hydrogen-bond donors (Lipinski definition) is 0. The van der Waals surface area contributed by atoms with Crippen LogP contribution in [0.5, 0.6) is 0 Å². The molecule has 0 unspecified atom stereocenters. The third kappa shape index (κ3) is 3.86. The Morgan fingerprint density at radius 1 is 1.47 bits per heavy atom. The van der Waals surface area contributed by atoms with Crippen molar-refractivity contribution in [3.05, 3.63) is 41.2 Å². The van der Waals surface area contributed by atoms with E-state index in [0.29, 0.717) is 19.4 Å². The second-order valence-corrected chi connectivity index (χ2v) is 4.82. The molecule has 2 rings (SSSR count). The summed E-state index contributed by atoms with van der Waals surface area (Å²) in [4.78, 5) is 15.6. The number of benzene rings is 1. The van der Waals surface area contributed by atoms with Gasteiger partial charge in [-0.2, -0.15) is 0 Å². The Morgan fingerprint density at radius 2 is 2.32 bits per heavy atom. The van der Waals surface area contributed by atoms with Crippen molar-refractivity contribution in [2.75, 3.05) is 6.61 Å². The van der Waals surface area contributed by atoms with Crippen molar-refractivity contribution in [3.63, 3.8) is 0 Å². The standard InChI is InChI=1S/C14H14FNO2S/c1-2-18-13(17)7-6-12-9-19-14(16-12)10-4-3-5-11(15)8-10/h3-5,8-9H,2,6-7H2,1H3. The highest BCUT2D eigenvalue weighted by molar-refractivity contribution is 7.13. The fraction of sp³-hybridized carbons (Fsp3) is 0.286. The zero-order chi connectivity index (χ0) is 13.7. The summed E-state index contributed by atoms with van der Waals surface area (Å²) in [6.07, 6.45) is 0.866. The highest BCUT2D eigenvalue weighted by Crippen LogP contribution is 2.24. The molecule has 0 saturated heterocycles. The van der Waals surface area contributed by atoms with Crippen LogP contribution in [-0.2, 0) is 16.0 Å². The monoisotopic (exact) mass is 279 g/mol. The molecule has 100 valence electrons. The summed E-state index contributed by atoms with van der Waals surface area (Å²) in [5, 5.41) is 2.65. The molecule has 0 saturated carbocycles. The van der Waals surface area contributed by atoms with Gasteiger partial charge in [-0.1, -0.05) is 12.1 Å². The maximum Gasteiger partial charge on any atom is 0.306 e. The molecule has 2 aromatic rings. The van der Waals surface area contributed by atoms with Crippen LogP contribution >= 0.6 is 11.3 Å². The van der Waals surface area contributed by atoms with Gasteiger partial charge in [-0.25, -0.2) is 9.37 Å². The Morgan fingerprint density at radius 3 is 3.05 bits per heavy atom. The number of carbonyl (C=O) groups excluding carboxylic acids is 1. The Hall–Kier alpha value is -1.75. The molecule has 19 heavy (non-hydrogen) atoms. The lowest BCUT2D eigenvalue weighted by atomic mass is 10.2. The molecule has 5 heteroatoms. The first-order chi connectivity index (χ1) is 9.19. The predicted molar refractivity (Wildman–Crippen MR) is 72.5 cm³/mol. The van der Waals surface area contributed by atoms with Gasteiger partial charge in [0.25, 0.3) is 0 Å². The van der Waals surface area contributed by atoms with Crippen molar-refractivity contribution in [2.45, 2.75) is 19.8 Å². The smallest absolute Gasteiger partial charge is 0.306 e. The van der Waals surface area contributed by atoms with Crippen LogP contribution in [0.25, 0.3) is 10.6 Å². The largest absolute Gasteiger partial charge is 0.466 e. The average Bonchev–Trinajstić information content (AvgIpc) is 2.85. The Labute approximate surface area is 115 Å². The van der Waals surface area contributed by atoms with E-state index in [0.717, 1.165) is 16.3 Å². The summed E-state index contributed by atoms with van der Waals surface area (Å²) in [6.45, 7) is 2.17. The molecule has 0 N–H and O–H groups in total. The second-order valence-electron chi connectivity index (χ2n) is 3.96. The maximum absolute atomic E-state index is 13.1. The summed E-state index contributed by atoms with van der Waals surface area (Å²) < 4.78 is 18.0. The molecular formula is C14H14FNO2S. The van der Waals surface area contributed by atoms with Crippen molar-refractivity contribution < 1.29 is 13.9 Å². The van der Waals surface area contributed by atoms with Gasteiger partial charge >= 0.3 is 5.97 Å². The van der Waals surface area contributed by atoms with E-state index in [4.69, 9.17) is 4.74 Å². The molecule has 0 aliphatic heterocycles. The zero-order valence-electron chi connectivity index (χ0n) is 10.6. The van der Waals surface area contributed by atoms with Crippen LogP contribution in [-0.4, -0.2) is 17.6 Å². The highest BCUT2D eigenvalue weighted by Gasteiger charge is 2.08. The number of ether oxygens (including phenoxy) is 1. The third-order valence-electron chi connectivity index (χ3n) is 2.51. The molecule has 0 aliphatic carbocycles. The summed E-state index contributed by atoms with van der Waals surface area (Å²) in [5.41, 5.74) is 1.59. The molecule has 1 aromatic carbocycles. The SMILES string of the molecule is CCOC(=O)CCc1csc(-c2cccc(F)c2)n1. The minimum atomic E-state index is -0.277. The maximum atomic E-state index is 13.1. The molecule has 0 aliphatic rings. The highest BCUT2D eigenvalue weighted by atomic mass is 32.1. The van der Waals surface area contributed by atoms with Crippen LogP contribution in [0.3, 0.4) is 0 Å². The molecule has 1 aromatic heterocycles. The summed E-state index contributed by atoms with van der Waals surface area (Å²) in [6, 6.07) is 6.33. The van der Waals surface area contributed by atoms with Crippen LogP contribution in [0.15, 0.2) is 29.6 Å². The Bertz CT molecular complexity index is 568. The van der Waals surface area contributed by atoms with Crippen molar-refractivity contribution >= 4 is 17.3 Å². The van der Waals surface area contributed by atoms with Gasteiger partial charge in [-0.05, 0) is 19.1 Å². The molecule has 0 radical (unpaired) electrons. The molecule has 0 atom stereocenters. The second kappa shape index (κ2) is 6.43. The van der Waals surface area contributed by atoms with Gasteiger partial charge in [-0.3, -0.25) is 4.79 Å². The van der Waals surface area contributed by atoms with Crippen LogP contribution in [0.2, 0.25) is 0 Å². The topological polar surface area (TPSA) is 39.2 Å². The van der Waals surface area contributed by atoms with E-state index in [1.807, 2.05) is 11.4 Å². The lowest BCUT2D eigenvalue weighted by molar-refractivity contribution is -0.143. The van der Waals surface area contributed by atoms with E-state index in [1.54, 1.807) is 13.0 Å². The number of halogens is 1. The summed E-state index contributed by atoms with van der Waals surface area (Å²) in [7, 11) is 0. The van der Waals surface area contributed by atoms with Crippen LogP contribution in [0.4, 0.5) is 4.39 Å². The van der Waals surface area contributed by atoms with E-state index in [9.17, 15) is 9.18 Å². The van der Waals surface area contributed by atoms with Crippen molar-refractivity contribution in [2.24, 2.45) is 0 Å². The van der Waals surface area contributed by atoms with Crippen LogP contribution < -0.4 is 0 Å². The van der Waals surface area contributed by atoms with E-state index >= 15 is 0 Å². The Kier molecular flexibility index (Phi) is 4.63. The molecule has 0 fully saturated rings. The molecule has 1 heterocycles. The number of esters is 1. The normalized spacial score (nSPS) is 10.4. The van der Waals surface area contributed by atoms with Crippen LogP contribution in [0, 0.1) is 5.82 Å². The average molecular weight is 279 g/mol. The first kappa shape index (κ1) is 13.7. The van der Waals surface area contributed by atoms with Gasteiger partial charge in [0.2, 0.25) is 0 Å². The van der Waals surface area contributed by atoms with Gasteiger partial charge in [0.1, 0.15) is 10.8 Å². The molecular weight excluding hydrogens is 265 g/mol. The minimum Gasteiger partial charge on any atom is -0.466 e. The lowest BCUT2D eigenvalue weighted by Gasteiger charge is -1.99. The number of aryl methyl sites for hydroxylation is 1. The van der Waals surface area contributed by atoms with Crippen molar-refractivity contribution in [3.8, 4) is 10.6 Å². The molecule has 0 amide bonds. The number of carbonyl (C=O) groups is 1. The van der Waals surface area contributed by atoms with E-state index < -0.39 is 0 Å². The third-order valence-corrected chi connectivity index (χ3v) is 3.45. The summed E-state index contributed by atoms with van der Waals surface area (Å²) in [5.74, 6) is -0.497. The Balaban J connectivity index is 2.01. The minimum absolute atomic E-state index is 0.220. The first-order valence-corrected chi connectivity index (χ1v) is 6.93. The zero-order valence-corrected chi connectivity index (χ0v) is 11.4. The van der Waals surface area contributed by atoms with E-state index in [1.165, 1.54) is 23.5 Å². The van der Waals surface area contributed by atoms with Gasteiger partial charge in [0.15, 0.2) is 0 Å².